The zero-order valence-corrected chi connectivity index (χ0v) is 16.0. The maximum absolute atomic E-state index is 9.11. The van der Waals surface area contributed by atoms with Gasteiger partial charge in [-0.2, -0.15) is 9.97 Å². The minimum absolute atomic E-state index is 0.340. The lowest BCUT2D eigenvalue weighted by Gasteiger charge is -2.09. The monoisotopic (exact) mass is 433 g/mol. The van der Waals surface area contributed by atoms with E-state index in [0.717, 1.165) is 0 Å². The first-order chi connectivity index (χ1) is 21.9. The summed E-state index contributed by atoms with van der Waals surface area (Å²) in [5, 5.41) is -2.80. The van der Waals surface area contributed by atoms with Crippen LogP contribution in [0.15, 0.2) is 96.7 Å². The molecule has 0 saturated heterocycles. The van der Waals surface area contributed by atoms with Crippen molar-refractivity contribution in [3.8, 4) is 22.8 Å². The van der Waals surface area contributed by atoms with Crippen molar-refractivity contribution in [3.63, 3.8) is 0 Å². The third-order valence-electron chi connectivity index (χ3n) is 4.43. The van der Waals surface area contributed by atoms with Gasteiger partial charge in [-0.1, -0.05) is 90.6 Å². The van der Waals surface area contributed by atoms with Crippen molar-refractivity contribution in [2.24, 2.45) is 0 Å². The van der Waals surface area contributed by atoms with Gasteiger partial charge in [-0.25, -0.2) is 4.98 Å². The summed E-state index contributed by atoms with van der Waals surface area (Å²) >= 11 is 6.26. The molecule has 0 saturated carbocycles. The number of hydrogen-bond donors (Lipinski definition) is 0. The van der Waals surface area contributed by atoms with Gasteiger partial charge < -0.3 is 0 Å². The second kappa shape index (κ2) is 7.15. The summed E-state index contributed by atoms with van der Waals surface area (Å²) in [6, 6.07) is -10.8. The summed E-state index contributed by atoms with van der Waals surface area (Å²) in [4.78, 5) is 12.3. The number of halogens is 1. The first-order valence-electron chi connectivity index (χ1n) is 16.8. The summed E-state index contributed by atoms with van der Waals surface area (Å²) in [5.74, 6) is -1.07. The smallest absolute Gasteiger partial charge is 0.208 e. The standard InChI is InChI=1S/C27H16ClN3/c28-27-30-25(29-26(31-27)23-11-5-8-17-6-1-3-9-21(17)23)20-15-14-19-13-12-18-7-2-4-10-22(18)24(19)16-20/h1-16H/i1D,2D,3D,4D,5D,6D,7D,8D,9D,10D,11D,12D,13D,14D,15D,16D. The molecule has 0 unspecified atom stereocenters. The Labute approximate surface area is 206 Å². The maximum Gasteiger partial charge on any atom is 0.226 e. The van der Waals surface area contributed by atoms with Gasteiger partial charge in [0.25, 0.3) is 0 Å². The van der Waals surface area contributed by atoms with Gasteiger partial charge >= 0.3 is 0 Å². The summed E-state index contributed by atoms with van der Waals surface area (Å²) in [6.07, 6.45) is 0. The number of nitrogens with zero attached hydrogens (tertiary/aromatic N) is 3. The molecule has 4 heteroatoms. The van der Waals surface area contributed by atoms with Crippen molar-refractivity contribution in [3.05, 3.63) is 102 Å². The molecule has 0 aliphatic carbocycles. The molecule has 0 fully saturated rings. The molecule has 0 atom stereocenters. The van der Waals surface area contributed by atoms with E-state index in [1.54, 1.807) is 0 Å². The highest BCUT2D eigenvalue weighted by Gasteiger charge is 2.13. The minimum Gasteiger partial charge on any atom is -0.208 e. The van der Waals surface area contributed by atoms with Crippen LogP contribution < -0.4 is 0 Å². The lowest BCUT2D eigenvalue weighted by molar-refractivity contribution is 1.07. The fraction of sp³-hybridized carbons (Fsp3) is 0. The largest absolute Gasteiger partial charge is 0.226 e. The number of benzene rings is 5. The Morgan fingerprint density at radius 3 is 2.00 bits per heavy atom. The van der Waals surface area contributed by atoms with Gasteiger partial charge in [-0.15, -0.1) is 0 Å². The molecule has 31 heavy (non-hydrogen) atoms. The van der Waals surface area contributed by atoms with E-state index in [4.69, 9.17) is 33.5 Å². The Bertz CT molecular complexity index is 2440. The SMILES string of the molecule is [2H]c1c([2H])c([2H])c2c(-c3nc(Cl)nc(-c4c([2H])c([2H])c5c([2H])c([2H])c6c([2H])c([2H])c([2H])c([2H])c6c5c4[2H])n3)c([2H])c([2H])c([2H])c2c1[2H]. The fourth-order valence-electron chi connectivity index (χ4n) is 3.07. The maximum atomic E-state index is 9.11. The van der Waals surface area contributed by atoms with Crippen LogP contribution in [-0.2, 0) is 0 Å². The molecule has 5 aromatic carbocycles. The van der Waals surface area contributed by atoms with E-state index in [1.807, 2.05) is 0 Å². The Kier molecular flexibility index (Phi) is 1.85. The number of aromatic nitrogens is 3. The van der Waals surface area contributed by atoms with Crippen molar-refractivity contribution >= 4 is 43.9 Å². The average Bonchev–Trinajstić information content (AvgIpc) is 3.02. The molecule has 0 amide bonds. The first-order valence-corrected chi connectivity index (χ1v) is 9.16. The fourth-order valence-corrected chi connectivity index (χ4v) is 3.23. The quantitative estimate of drug-likeness (QED) is 0.268. The molecule has 146 valence electrons. The van der Waals surface area contributed by atoms with Gasteiger partial charge in [-0.3, -0.25) is 0 Å². The highest BCUT2D eigenvalue weighted by Crippen LogP contribution is 2.31. The van der Waals surface area contributed by atoms with Gasteiger partial charge in [0.05, 0.1) is 21.9 Å². The van der Waals surface area contributed by atoms with Gasteiger partial charge in [0.15, 0.2) is 11.6 Å². The molecule has 0 spiro atoms. The second-order valence-electron chi connectivity index (χ2n) is 6.25. The predicted octanol–water partition coefficient (Wildman–Crippen LogP) is 7.32. The van der Waals surface area contributed by atoms with E-state index in [2.05, 4.69) is 15.0 Å². The van der Waals surface area contributed by atoms with Crippen molar-refractivity contribution in [1.82, 2.24) is 15.0 Å². The van der Waals surface area contributed by atoms with E-state index >= 15 is 0 Å². The topological polar surface area (TPSA) is 38.7 Å². The lowest BCUT2D eigenvalue weighted by atomic mass is 10.00. The highest BCUT2D eigenvalue weighted by atomic mass is 35.5. The van der Waals surface area contributed by atoms with Crippen LogP contribution in [-0.4, -0.2) is 15.0 Å². The Morgan fingerprint density at radius 2 is 1.16 bits per heavy atom. The third kappa shape index (κ3) is 3.11. The zero-order chi connectivity index (χ0) is 34.7. The van der Waals surface area contributed by atoms with Crippen molar-refractivity contribution < 1.29 is 21.9 Å². The predicted molar refractivity (Wildman–Crippen MR) is 128 cm³/mol. The van der Waals surface area contributed by atoms with Crippen LogP contribution in [0, 0.1) is 0 Å². The molecule has 0 radical (unpaired) electrons. The van der Waals surface area contributed by atoms with Crippen LogP contribution in [0.3, 0.4) is 0 Å². The van der Waals surface area contributed by atoms with Crippen LogP contribution in [0.25, 0.3) is 55.1 Å². The van der Waals surface area contributed by atoms with Gasteiger partial charge in [0.1, 0.15) is 0 Å². The highest BCUT2D eigenvalue weighted by molar-refractivity contribution is 6.28. The van der Waals surface area contributed by atoms with Crippen LogP contribution in [0.2, 0.25) is 5.28 Å². The molecular formula is C27H16ClN3. The molecule has 6 rings (SSSR count). The minimum atomic E-state index is -0.718. The van der Waals surface area contributed by atoms with Gasteiger partial charge in [0, 0.05) is 11.1 Å². The van der Waals surface area contributed by atoms with Crippen molar-refractivity contribution in [2.45, 2.75) is 0 Å². The Balaban J connectivity index is 1.80. The molecule has 6 aromatic rings. The zero-order valence-electron chi connectivity index (χ0n) is 31.2. The molecule has 1 aromatic heterocycles. The van der Waals surface area contributed by atoms with Gasteiger partial charge in [-0.05, 0) is 50.0 Å². The number of hydrogen-bond acceptors (Lipinski definition) is 3. The molecule has 0 N–H and O–H groups in total. The summed E-state index contributed by atoms with van der Waals surface area (Å²) in [5.41, 5.74) is -0.921. The van der Waals surface area contributed by atoms with Crippen LogP contribution in [0.5, 0.6) is 0 Å². The van der Waals surface area contributed by atoms with E-state index in [1.165, 1.54) is 0 Å². The number of fused-ring (bicyclic) bond motifs is 4. The normalized spacial score (nSPS) is 18.6. The van der Waals surface area contributed by atoms with E-state index < -0.39 is 130 Å². The Hall–Kier alpha value is -3.82. The number of rotatable bonds is 2. The van der Waals surface area contributed by atoms with Crippen molar-refractivity contribution in [2.75, 3.05) is 0 Å². The lowest BCUT2D eigenvalue weighted by Crippen LogP contribution is -1.98. The van der Waals surface area contributed by atoms with Crippen molar-refractivity contribution in [1.29, 1.82) is 0 Å². The summed E-state index contributed by atoms with van der Waals surface area (Å²) < 4.78 is 135. The molecule has 0 aliphatic rings. The molecular weight excluding hydrogens is 402 g/mol. The van der Waals surface area contributed by atoms with Crippen LogP contribution >= 0.6 is 11.6 Å². The molecule has 1 heterocycles. The van der Waals surface area contributed by atoms with Gasteiger partial charge in [0.2, 0.25) is 5.28 Å². The third-order valence-corrected chi connectivity index (χ3v) is 4.60. The molecule has 3 nitrogen and oxygen atoms in total. The summed E-state index contributed by atoms with van der Waals surface area (Å²) in [6.45, 7) is 0. The first kappa shape index (κ1) is 8.03. The van der Waals surface area contributed by atoms with E-state index in [0.29, 0.717) is 0 Å². The van der Waals surface area contributed by atoms with E-state index in [9.17, 15) is 0 Å². The van der Waals surface area contributed by atoms with Crippen LogP contribution in [0.4, 0.5) is 0 Å². The molecule has 0 aliphatic heterocycles. The van der Waals surface area contributed by atoms with E-state index in [-0.39, 0.29) is 26.9 Å². The molecule has 0 bridgehead atoms. The Morgan fingerprint density at radius 1 is 0.548 bits per heavy atom. The van der Waals surface area contributed by atoms with Crippen LogP contribution in [0.1, 0.15) is 21.9 Å². The summed E-state index contributed by atoms with van der Waals surface area (Å²) in [7, 11) is 0. The average molecular weight is 434 g/mol. The second-order valence-corrected chi connectivity index (χ2v) is 6.59.